The smallest absolute Gasteiger partial charge is 0.246 e. The van der Waals surface area contributed by atoms with Gasteiger partial charge in [0.1, 0.15) is 0 Å². The van der Waals surface area contributed by atoms with Crippen LogP contribution in [0.5, 0.6) is 0 Å². The highest BCUT2D eigenvalue weighted by Crippen LogP contribution is 2.33. The van der Waals surface area contributed by atoms with Crippen LogP contribution >= 0.6 is 0 Å². The maximum Gasteiger partial charge on any atom is 0.246 e. The predicted octanol–water partition coefficient (Wildman–Crippen LogP) is 2.00. The van der Waals surface area contributed by atoms with Crippen molar-refractivity contribution in [1.82, 2.24) is 0 Å². The van der Waals surface area contributed by atoms with E-state index in [4.69, 9.17) is 5.26 Å². The minimum absolute atomic E-state index is 0.0678. The summed E-state index contributed by atoms with van der Waals surface area (Å²) in [5.41, 5.74) is 2.44. The van der Waals surface area contributed by atoms with Gasteiger partial charge in [0.15, 0.2) is 0 Å². The van der Waals surface area contributed by atoms with Crippen LogP contribution in [0, 0.1) is 17.2 Å². The van der Waals surface area contributed by atoms with E-state index in [1.54, 1.807) is 24.1 Å². The first-order chi connectivity index (χ1) is 8.52. The molecule has 1 heterocycles. The number of carbonyl (C=O) groups excluding carboxylic acids is 1. The molecule has 18 heavy (non-hydrogen) atoms. The van der Waals surface area contributed by atoms with Crippen molar-refractivity contribution in [2.24, 2.45) is 5.92 Å². The maximum absolute atomic E-state index is 11.9. The van der Waals surface area contributed by atoms with Gasteiger partial charge in [-0.2, -0.15) is 5.26 Å². The number of nitriles is 1. The molecule has 1 aromatic rings. The molecule has 0 spiro atoms. The fourth-order valence-electron chi connectivity index (χ4n) is 2.22. The number of benzene rings is 1. The second-order valence-corrected chi connectivity index (χ2v) is 5.04. The normalized spacial score (nSPS) is 14.7. The summed E-state index contributed by atoms with van der Waals surface area (Å²) in [5, 5.41) is 8.94. The quantitative estimate of drug-likeness (QED) is 0.798. The Hall–Kier alpha value is -2.02. The van der Waals surface area contributed by atoms with Gasteiger partial charge < -0.3 is 9.80 Å². The molecule has 0 N–H and O–H groups in total. The number of nitrogens with zero attached hydrogens (tertiary/aromatic N) is 3. The van der Waals surface area contributed by atoms with Crippen LogP contribution in [0.4, 0.5) is 11.4 Å². The van der Waals surface area contributed by atoms with E-state index in [1.165, 1.54) is 0 Å². The van der Waals surface area contributed by atoms with Gasteiger partial charge in [-0.1, -0.05) is 13.8 Å². The van der Waals surface area contributed by atoms with Gasteiger partial charge in [0.2, 0.25) is 5.91 Å². The van der Waals surface area contributed by atoms with E-state index in [0.29, 0.717) is 18.0 Å². The van der Waals surface area contributed by atoms with Gasteiger partial charge >= 0.3 is 0 Å². The van der Waals surface area contributed by atoms with E-state index >= 15 is 0 Å². The third-order valence-corrected chi connectivity index (χ3v) is 3.09. The molecular formula is C14H17N3O. The maximum atomic E-state index is 11.9. The summed E-state index contributed by atoms with van der Waals surface area (Å²) in [7, 11) is 1.76. The number of anilines is 2. The summed E-state index contributed by atoms with van der Waals surface area (Å²) in [4.78, 5) is 15.7. The zero-order chi connectivity index (χ0) is 13.3. The number of rotatable bonds is 2. The highest BCUT2D eigenvalue weighted by molar-refractivity contribution is 6.03. The van der Waals surface area contributed by atoms with Crippen molar-refractivity contribution in [2.75, 3.05) is 29.9 Å². The molecule has 1 amide bonds. The van der Waals surface area contributed by atoms with Crippen molar-refractivity contribution < 1.29 is 4.79 Å². The first kappa shape index (κ1) is 12.4. The van der Waals surface area contributed by atoms with Crippen LogP contribution in [-0.2, 0) is 4.79 Å². The molecule has 0 atom stereocenters. The van der Waals surface area contributed by atoms with Crippen LogP contribution in [0.2, 0.25) is 0 Å². The zero-order valence-electron chi connectivity index (χ0n) is 11.0. The largest absolute Gasteiger partial charge is 0.360 e. The molecule has 0 fully saturated rings. The van der Waals surface area contributed by atoms with Gasteiger partial charge in [0.05, 0.1) is 29.6 Å². The molecule has 0 bridgehead atoms. The van der Waals surface area contributed by atoms with Crippen LogP contribution < -0.4 is 9.80 Å². The molecule has 0 saturated heterocycles. The average molecular weight is 243 g/mol. The summed E-state index contributed by atoms with van der Waals surface area (Å²) < 4.78 is 0. The average Bonchev–Trinajstić information content (AvgIpc) is 2.34. The van der Waals surface area contributed by atoms with Crippen molar-refractivity contribution in [3.63, 3.8) is 0 Å². The highest BCUT2D eigenvalue weighted by Gasteiger charge is 2.27. The number of fused-ring (bicyclic) bond motifs is 1. The molecule has 0 unspecified atom stereocenters. The topological polar surface area (TPSA) is 47.3 Å². The molecular weight excluding hydrogens is 226 g/mol. The lowest BCUT2D eigenvalue weighted by atomic mass is 10.1. The standard InChI is InChI=1S/C14H17N3O/c1-10(2)8-17-9-14(18)16(3)13-6-11(7-15)4-5-12(13)17/h4-6,10H,8-9H2,1-3H3. The minimum Gasteiger partial charge on any atom is -0.360 e. The molecule has 94 valence electrons. The Labute approximate surface area is 107 Å². The Bertz CT molecular complexity index is 516. The third kappa shape index (κ3) is 2.17. The van der Waals surface area contributed by atoms with E-state index in [1.807, 2.05) is 6.07 Å². The Morgan fingerprint density at radius 2 is 2.11 bits per heavy atom. The molecule has 4 heteroatoms. The van der Waals surface area contributed by atoms with E-state index in [2.05, 4.69) is 24.8 Å². The molecule has 2 rings (SSSR count). The number of hydrogen-bond donors (Lipinski definition) is 0. The van der Waals surface area contributed by atoms with Gasteiger partial charge in [-0.25, -0.2) is 0 Å². The Balaban J connectivity index is 2.45. The highest BCUT2D eigenvalue weighted by atomic mass is 16.2. The number of likely N-dealkylation sites (N-methyl/N-ethyl adjacent to an activating group) is 1. The monoisotopic (exact) mass is 243 g/mol. The van der Waals surface area contributed by atoms with Gasteiger partial charge in [-0.05, 0) is 24.1 Å². The van der Waals surface area contributed by atoms with Crippen LogP contribution in [0.25, 0.3) is 0 Å². The molecule has 1 aromatic carbocycles. The van der Waals surface area contributed by atoms with E-state index in [-0.39, 0.29) is 5.91 Å². The lowest BCUT2D eigenvalue weighted by molar-refractivity contribution is -0.117. The number of hydrogen-bond acceptors (Lipinski definition) is 3. The predicted molar refractivity (Wildman–Crippen MR) is 71.6 cm³/mol. The molecule has 1 aliphatic rings. The summed E-state index contributed by atoms with van der Waals surface area (Å²) in [6.45, 7) is 5.52. The zero-order valence-corrected chi connectivity index (χ0v) is 11.0. The second-order valence-electron chi connectivity index (χ2n) is 5.04. The van der Waals surface area contributed by atoms with Crippen LogP contribution in [0.1, 0.15) is 19.4 Å². The van der Waals surface area contributed by atoms with Gasteiger partial charge in [-0.3, -0.25) is 4.79 Å². The van der Waals surface area contributed by atoms with Crippen molar-refractivity contribution in [1.29, 1.82) is 5.26 Å². The molecule has 0 saturated carbocycles. The molecule has 4 nitrogen and oxygen atoms in total. The van der Waals surface area contributed by atoms with Crippen molar-refractivity contribution in [3.05, 3.63) is 23.8 Å². The first-order valence-electron chi connectivity index (χ1n) is 6.08. The number of amides is 1. The number of carbonyl (C=O) groups is 1. The summed E-state index contributed by atoms with van der Waals surface area (Å²) in [6, 6.07) is 7.62. The summed E-state index contributed by atoms with van der Waals surface area (Å²) >= 11 is 0. The SMILES string of the molecule is CC(C)CN1CC(=O)N(C)c2cc(C#N)ccc21. The minimum atomic E-state index is 0.0678. The van der Waals surface area contributed by atoms with E-state index < -0.39 is 0 Å². The Kier molecular flexibility index (Phi) is 3.24. The molecule has 1 aliphatic heterocycles. The van der Waals surface area contributed by atoms with Gasteiger partial charge in [0.25, 0.3) is 0 Å². The second kappa shape index (κ2) is 4.69. The molecule has 0 aromatic heterocycles. The Morgan fingerprint density at radius 3 is 2.72 bits per heavy atom. The lowest BCUT2D eigenvalue weighted by Gasteiger charge is -2.36. The first-order valence-corrected chi connectivity index (χ1v) is 6.08. The molecule has 0 aliphatic carbocycles. The fraction of sp³-hybridized carbons (Fsp3) is 0.429. The summed E-state index contributed by atoms with van der Waals surface area (Å²) in [5.74, 6) is 0.558. The van der Waals surface area contributed by atoms with Gasteiger partial charge in [-0.15, -0.1) is 0 Å². The lowest BCUT2D eigenvalue weighted by Crippen LogP contribution is -2.45. The fourth-order valence-corrected chi connectivity index (χ4v) is 2.22. The van der Waals surface area contributed by atoms with Crippen LogP contribution in [0.15, 0.2) is 18.2 Å². The van der Waals surface area contributed by atoms with E-state index in [0.717, 1.165) is 17.9 Å². The van der Waals surface area contributed by atoms with Crippen LogP contribution in [0.3, 0.4) is 0 Å². The Morgan fingerprint density at radius 1 is 1.39 bits per heavy atom. The van der Waals surface area contributed by atoms with Crippen molar-refractivity contribution >= 4 is 17.3 Å². The van der Waals surface area contributed by atoms with Crippen LogP contribution in [-0.4, -0.2) is 26.0 Å². The molecule has 0 radical (unpaired) electrons. The van der Waals surface area contributed by atoms with Gasteiger partial charge in [0, 0.05) is 13.6 Å². The van der Waals surface area contributed by atoms with Crippen molar-refractivity contribution in [2.45, 2.75) is 13.8 Å². The van der Waals surface area contributed by atoms with E-state index in [9.17, 15) is 4.79 Å². The summed E-state index contributed by atoms with van der Waals surface area (Å²) in [6.07, 6.45) is 0. The third-order valence-electron chi connectivity index (χ3n) is 3.09. The van der Waals surface area contributed by atoms with Crippen molar-refractivity contribution in [3.8, 4) is 6.07 Å².